The van der Waals surface area contributed by atoms with Crippen LogP contribution in [0.1, 0.15) is 13.3 Å². The first-order valence-electron chi connectivity index (χ1n) is 2.68. The van der Waals surface area contributed by atoms with E-state index in [0.717, 1.165) is 12.2 Å². The van der Waals surface area contributed by atoms with Gasteiger partial charge in [-0.1, -0.05) is 12.8 Å². The van der Waals surface area contributed by atoms with Crippen LogP contribution in [0.2, 0.25) is 0 Å². The molecule has 0 aromatic heterocycles. The third-order valence-corrected chi connectivity index (χ3v) is 1.91. The number of thioether (sulfide) groups is 1. The summed E-state index contributed by atoms with van der Waals surface area (Å²) in [5.74, 6) is 3.71. The zero-order chi connectivity index (χ0) is 6.41. The van der Waals surface area contributed by atoms with Crippen molar-refractivity contribution in [2.45, 2.75) is 18.6 Å². The van der Waals surface area contributed by atoms with E-state index in [9.17, 15) is 0 Å². The average molecular weight is 127 g/mol. The maximum absolute atomic E-state index is 5.12. The molecule has 1 atom stereocenters. The summed E-state index contributed by atoms with van der Waals surface area (Å²) in [6.45, 7) is 5.73. The van der Waals surface area contributed by atoms with Gasteiger partial charge >= 0.3 is 0 Å². The molecule has 1 heteroatoms. The molecule has 0 N–H and O–H groups in total. The van der Waals surface area contributed by atoms with Crippen molar-refractivity contribution in [3.05, 3.63) is 6.92 Å². The minimum Gasteiger partial charge on any atom is -0.146 e. The van der Waals surface area contributed by atoms with Gasteiger partial charge in [-0.25, -0.2) is 0 Å². The standard InChI is InChI=1S/C7H11S/c1-4-6-8-7(3)5-2/h2,7H,1,4,6H2,3H3. The first-order valence-corrected chi connectivity index (χ1v) is 3.73. The Labute approximate surface area is 56.1 Å². The van der Waals surface area contributed by atoms with Gasteiger partial charge in [-0.05, 0) is 19.1 Å². The van der Waals surface area contributed by atoms with Gasteiger partial charge in [-0.15, -0.1) is 18.2 Å². The monoisotopic (exact) mass is 127 g/mol. The van der Waals surface area contributed by atoms with Gasteiger partial charge in [0.05, 0.1) is 5.25 Å². The van der Waals surface area contributed by atoms with Crippen molar-refractivity contribution in [3.8, 4) is 12.3 Å². The number of terminal acetylenes is 1. The molecule has 0 saturated carbocycles. The Balaban J connectivity index is 3.02. The molecule has 0 spiro atoms. The van der Waals surface area contributed by atoms with Crippen molar-refractivity contribution in [1.29, 1.82) is 0 Å². The van der Waals surface area contributed by atoms with Gasteiger partial charge in [-0.3, -0.25) is 0 Å². The first kappa shape index (κ1) is 7.91. The predicted molar refractivity (Wildman–Crippen MR) is 40.7 cm³/mol. The summed E-state index contributed by atoms with van der Waals surface area (Å²) in [6, 6.07) is 0. The van der Waals surface area contributed by atoms with Gasteiger partial charge < -0.3 is 0 Å². The fourth-order valence-corrected chi connectivity index (χ4v) is 0.925. The molecule has 0 aliphatic heterocycles. The minimum absolute atomic E-state index is 0.358. The maximum atomic E-state index is 5.12. The van der Waals surface area contributed by atoms with E-state index in [4.69, 9.17) is 6.42 Å². The number of hydrogen-bond donors (Lipinski definition) is 0. The molecule has 0 rings (SSSR count). The summed E-state index contributed by atoms with van der Waals surface area (Å²) in [5.41, 5.74) is 0. The van der Waals surface area contributed by atoms with Gasteiger partial charge in [-0.2, -0.15) is 0 Å². The second-order valence-electron chi connectivity index (χ2n) is 1.53. The Morgan fingerprint density at radius 3 is 2.88 bits per heavy atom. The zero-order valence-corrected chi connectivity index (χ0v) is 6.00. The Morgan fingerprint density at radius 1 is 1.88 bits per heavy atom. The summed E-state index contributed by atoms with van der Waals surface area (Å²) >= 11 is 1.78. The largest absolute Gasteiger partial charge is 0.146 e. The second kappa shape index (κ2) is 5.05. The van der Waals surface area contributed by atoms with Gasteiger partial charge in [0.15, 0.2) is 0 Å². The first-order chi connectivity index (χ1) is 3.81. The predicted octanol–water partition coefficient (Wildman–Crippen LogP) is 1.97. The van der Waals surface area contributed by atoms with Gasteiger partial charge in [0.1, 0.15) is 0 Å². The van der Waals surface area contributed by atoms with Crippen molar-refractivity contribution in [2.75, 3.05) is 5.75 Å². The van der Waals surface area contributed by atoms with E-state index in [-0.39, 0.29) is 0 Å². The molecule has 0 fully saturated rings. The maximum Gasteiger partial charge on any atom is 0.0626 e. The highest BCUT2D eigenvalue weighted by molar-refractivity contribution is 8.00. The molecule has 1 radical (unpaired) electrons. The molecular formula is C7H11S. The van der Waals surface area contributed by atoms with E-state index >= 15 is 0 Å². The number of hydrogen-bond acceptors (Lipinski definition) is 1. The lowest BCUT2D eigenvalue weighted by Crippen LogP contribution is -1.90. The van der Waals surface area contributed by atoms with E-state index in [2.05, 4.69) is 12.8 Å². The van der Waals surface area contributed by atoms with E-state index < -0.39 is 0 Å². The third kappa shape index (κ3) is 4.08. The minimum atomic E-state index is 0.358. The summed E-state index contributed by atoms with van der Waals surface area (Å²) in [6.07, 6.45) is 6.09. The van der Waals surface area contributed by atoms with Crippen LogP contribution in [0.4, 0.5) is 0 Å². The highest BCUT2D eigenvalue weighted by Gasteiger charge is 1.92. The molecule has 0 aromatic rings. The fourth-order valence-electron chi connectivity index (χ4n) is 0.308. The summed E-state index contributed by atoms with van der Waals surface area (Å²) in [7, 11) is 0. The molecule has 0 amide bonds. The van der Waals surface area contributed by atoms with Crippen molar-refractivity contribution >= 4 is 11.8 Å². The second-order valence-corrected chi connectivity index (χ2v) is 2.98. The van der Waals surface area contributed by atoms with Crippen LogP contribution in [0.25, 0.3) is 0 Å². The van der Waals surface area contributed by atoms with Crippen LogP contribution in [-0.4, -0.2) is 11.0 Å². The summed E-state index contributed by atoms with van der Waals surface area (Å²) in [5, 5.41) is 0.358. The quantitative estimate of drug-likeness (QED) is 0.522. The molecule has 0 nitrogen and oxygen atoms in total. The third-order valence-electron chi connectivity index (χ3n) is 0.747. The van der Waals surface area contributed by atoms with E-state index in [0.29, 0.717) is 5.25 Å². The molecule has 0 aliphatic carbocycles. The van der Waals surface area contributed by atoms with E-state index in [1.807, 2.05) is 6.92 Å². The summed E-state index contributed by atoms with van der Waals surface area (Å²) in [4.78, 5) is 0. The highest BCUT2D eigenvalue weighted by Crippen LogP contribution is 2.08. The Hall–Kier alpha value is -0.0900. The van der Waals surface area contributed by atoms with Crippen molar-refractivity contribution < 1.29 is 0 Å². The normalized spacial score (nSPS) is 12.6. The van der Waals surface area contributed by atoms with Crippen LogP contribution < -0.4 is 0 Å². The van der Waals surface area contributed by atoms with E-state index in [1.54, 1.807) is 11.8 Å². The Kier molecular flexibility index (Phi) is 5.00. The molecule has 8 heavy (non-hydrogen) atoms. The molecule has 0 saturated heterocycles. The van der Waals surface area contributed by atoms with Gasteiger partial charge in [0, 0.05) is 0 Å². The molecule has 1 unspecified atom stereocenters. The average Bonchev–Trinajstić information content (AvgIpc) is 1.83. The number of rotatable bonds is 3. The fraction of sp³-hybridized carbons (Fsp3) is 0.571. The highest BCUT2D eigenvalue weighted by atomic mass is 32.2. The zero-order valence-electron chi connectivity index (χ0n) is 5.18. The van der Waals surface area contributed by atoms with Crippen LogP contribution in [0.3, 0.4) is 0 Å². The molecule has 0 bridgehead atoms. The molecule has 0 aromatic carbocycles. The molecule has 0 aliphatic rings. The molecular weight excluding hydrogens is 116 g/mol. The van der Waals surface area contributed by atoms with Crippen LogP contribution in [0.15, 0.2) is 0 Å². The van der Waals surface area contributed by atoms with Gasteiger partial charge in [0.25, 0.3) is 0 Å². The lowest BCUT2D eigenvalue weighted by Gasteiger charge is -1.98. The van der Waals surface area contributed by atoms with E-state index in [1.165, 1.54) is 0 Å². The van der Waals surface area contributed by atoms with Crippen LogP contribution in [0, 0.1) is 19.3 Å². The van der Waals surface area contributed by atoms with Crippen molar-refractivity contribution in [1.82, 2.24) is 0 Å². The lowest BCUT2D eigenvalue weighted by molar-refractivity contribution is 1.21. The Morgan fingerprint density at radius 2 is 2.50 bits per heavy atom. The SMILES string of the molecule is C#CC(C)SCC[CH2]. The van der Waals surface area contributed by atoms with Crippen molar-refractivity contribution in [3.63, 3.8) is 0 Å². The Bertz CT molecular complexity index is 80.9. The van der Waals surface area contributed by atoms with Crippen LogP contribution in [0.5, 0.6) is 0 Å². The smallest absolute Gasteiger partial charge is 0.0626 e. The van der Waals surface area contributed by atoms with Gasteiger partial charge in [0.2, 0.25) is 0 Å². The lowest BCUT2D eigenvalue weighted by atomic mass is 10.5. The summed E-state index contributed by atoms with van der Waals surface area (Å²) < 4.78 is 0. The molecule has 0 heterocycles. The topological polar surface area (TPSA) is 0 Å². The van der Waals surface area contributed by atoms with Crippen molar-refractivity contribution in [2.24, 2.45) is 0 Å². The molecule has 45 valence electrons. The van der Waals surface area contributed by atoms with Crippen LogP contribution >= 0.6 is 11.8 Å². The van der Waals surface area contributed by atoms with Crippen LogP contribution in [-0.2, 0) is 0 Å².